The zero-order chi connectivity index (χ0) is 13.1. The first kappa shape index (κ1) is 13.1. The zero-order valence-electron chi connectivity index (χ0n) is 9.79. The number of aromatic nitrogens is 1. The summed E-state index contributed by atoms with van der Waals surface area (Å²) in [4.78, 5) is 4.41. The van der Waals surface area contributed by atoms with Crippen LogP contribution in [0.1, 0.15) is 29.7 Å². The Morgan fingerprint density at radius 2 is 2.17 bits per heavy atom. The van der Waals surface area contributed by atoms with Crippen molar-refractivity contribution in [1.82, 2.24) is 4.98 Å². The van der Waals surface area contributed by atoms with Crippen molar-refractivity contribution in [1.29, 1.82) is 0 Å². The summed E-state index contributed by atoms with van der Waals surface area (Å²) in [5.41, 5.74) is 8.03. The van der Waals surface area contributed by atoms with Crippen LogP contribution in [0.5, 0.6) is 5.88 Å². The maximum Gasteiger partial charge on any atom is 0.272 e. The van der Waals surface area contributed by atoms with E-state index in [1.165, 1.54) is 0 Å². The fourth-order valence-corrected chi connectivity index (χ4v) is 2.19. The van der Waals surface area contributed by atoms with E-state index in [1.807, 2.05) is 6.07 Å². The third-order valence-corrected chi connectivity index (χ3v) is 3.10. The van der Waals surface area contributed by atoms with Gasteiger partial charge in [-0.05, 0) is 37.3 Å². The highest BCUT2D eigenvalue weighted by molar-refractivity contribution is 7.80. The van der Waals surface area contributed by atoms with Crippen molar-refractivity contribution in [3.05, 3.63) is 22.9 Å². The third-order valence-electron chi connectivity index (χ3n) is 2.88. The van der Waals surface area contributed by atoms with E-state index >= 15 is 0 Å². The fraction of sp³-hybridized carbons (Fsp3) is 0.500. The Kier molecular flexibility index (Phi) is 4.06. The largest absolute Gasteiger partial charge is 0.471 e. The Hall–Kier alpha value is -1.30. The number of aryl methyl sites for hydroxylation is 2. The van der Waals surface area contributed by atoms with Gasteiger partial charge in [0, 0.05) is 5.69 Å². The maximum absolute atomic E-state index is 12.2. The molecule has 0 spiro atoms. The molecule has 98 valence electrons. The number of thiocarbonyl (C=S) groups is 1. The van der Waals surface area contributed by atoms with Crippen LogP contribution >= 0.6 is 12.2 Å². The molecule has 0 aliphatic heterocycles. The minimum Gasteiger partial charge on any atom is -0.471 e. The molecule has 0 atom stereocenters. The van der Waals surface area contributed by atoms with Gasteiger partial charge in [0.15, 0.2) is 6.61 Å². The minimum absolute atomic E-state index is 0.125. The second-order valence-corrected chi connectivity index (χ2v) is 4.66. The number of ether oxygens (including phenoxy) is 1. The van der Waals surface area contributed by atoms with E-state index in [2.05, 4.69) is 4.98 Å². The summed E-state index contributed by atoms with van der Waals surface area (Å²) in [6, 6.07) is 1.82. The van der Waals surface area contributed by atoms with Crippen LogP contribution in [-0.4, -0.2) is 23.0 Å². The van der Waals surface area contributed by atoms with Crippen LogP contribution in [0.4, 0.5) is 8.78 Å². The lowest BCUT2D eigenvalue weighted by Crippen LogP contribution is -2.18. The van der Waals surface area contributed by atoms with Gasteiger partial charge in [0.2, 0.25) is 5.88 Å². The van der Waals surface area contributed by atoms with Crippen LogP contribution in [0.3, 0.4) is 0 Å². The van der Waals surface area contributed by atoms with Crippen LogP contribution in [0.2, 0.25) is 0 Å². The van der Waals surface area contributed by atoms with Gasteiger partial charge in [-0.25, -0.2) is 13.8 Å². The number of halogens is 2. The van der Waals surface area contributed by atoms with Gasteiger partial charge in [-0.3, -0.25) is 0 Å². The zero-order valence-corrected chi connectivity index (χ0v) is 10.6. The highest BCUT2D eigenvalue weighted by Gasteiger charge is 2.18. The first-order chi connectivity index (χ1) is 8.58. The van der Waals surface area contributed by atoms with Crippen molar-refractivity contribution in [2.24, 2.45) is 5.73 Å². The van der Waals surface area contributed by atoms with Gasteiger partial charge in [0.05, 0.1) is 5.56 Å². The minimum atomic E-state index is -2.54. The van der Waals surface area contributed by atoms with Crippen molar-refractivity contribution in [2.45, 2.75) is 32.1 Å². The molecule has 1 aliphatic rings. The molecule has 0 aromatic carbocycles. The van der Waals surface area contributed by atoms with E-state index in [0.717, 1.165) is 36.9 Å². The molecule has 18 heavy (non-hydrogen) atoms. The number of nitrogens with two attached hydrogens (primary N) is 1. The summed E-state index contributed by atoms with van der Waals surface area (Å²) < 4.78 is 29.3. The van der Waals surface area contributed by atoms with Crippen molar-refractivity contribution in [3.8, 4) is 5.88 Å². The molecule has 0 bridgehead atoms. The summed E-state index contributed by atoms with van der Waals surface area (Å²) in [7, 11) is 0. The highest BCUT2D eigenvalue weighted by atomic mass is 32.1. The molecule has 0 amide bonds. The number of pyridine rings is 1. The third kappa shape index (κ3) is 2.93. The molecule has 1 aromatic heterocycles. The van der Waals surface area contributed by atoms with Crippen molar-refractivity contribution in [2.75, 3.05) is 6.61 Å². The van der Waals surface area contributed by atoms with E-state index in [-0.39, 0.29) is 10.9 Å². The fourth-order valence-electron chi connectivity index (χ4n) is 2.04. The lowest BCUT2D eigenvalue weighted by molar-refractivity contribution is 0.0793. The smallest absolute Gasteiger partial charge is 0.272 e. The second kappa shape index (κ2) is 5.56. The average Bonchev–Trinajstić information content (AvgIpc) is 2.35. The molecule has 0 saturated heterocycles. The van der Waals surface area contributed by atoms with Crippen molar-refractivity contribution in [3.63, 3.8) is 0 Å². The molecular weight excluding hydrogens is 258 g/mol. The first-order valence-corrected chi connectivity index (χ1v) is 6.22. The molecular formula is C12H14F2N2OS. The molecule has 6 heteroatoms. The van der Waals surface area contributed by atoms with E-state index in [4.69, 9.17) is 22.7 Å². The molecule has 1 aromatic rings. The van der Waals surface area contributed by atoms with Crippen molar-refractivity contribution >= 4 is 17.2 Å². The molecule has 2 N–H and O–H groups in total. The number of rotatable bonds is 4. The normalized spacial score (nSPS) is 14.4. The number of alkyl halides is 2. The number of fused-ring (bicyclic) bond motifs is 1. The monoisotopic (exact) mass is 272 g/mol. The second-order valence-electron chi connectivity index (χ2n) is 4.22. The Morgan fingerprint density at radius 3 is 2.83 bits per heavy atom. The quantitative estimate of drug-likeness (QED) is 0.854. The Bertz CT molecular complexity index is 466. The van der Waals surface area contributed by atoms with E-state index in [1.54, 1.807) is 0 Å². The standard InChI is InChI=1S/C12H14F2N2OS/c13-10(14)6-17-12-8(11(15)18)5-7-3-1-2-4-9(7)16-12/h5,10H,1-4,6H2,(H2,15,18). The number of hydrogen-bond donors (Lipinski definition) is 1. The van der Waals surface area contributed by atoms with Gasteiger partial charge in [-0.2, -0.15) is 0 Å². The Labute approximate surface area is 109 Å². The summed E-state index contributed by atoms with van der Waals surface area (Å²) in [5.74, 6) is 0.128. The molecule has 0 unspecified atom stereocenters. The molecule has 0 fully saturated rings. The lowest BCUT2D eigenvalue weighted by Gasteiger charge is -2.18. The first-order valence-electron chi connectivity index (χ1n) is 5.81. The van der Waals surface area contributed by atoms with Gasteiger partial charge in [0.25, 0.3) is 6.43 Å². The van der Waals surface area contributed by atoms with Crippen LogP contribution in [0.25, 0.3) is 0 Å². The summed E-state index contributed by atoms with van der Waals surface area (Å²) in [6.07, 6.45) is 1.39. The van der Waals surface area contributed by atoms with Gasteiger partial charge in [-0.15, -0.1) is 0 Å². The highest BCUT2D eigenvalue weighted by Crippen LogP contribution is 2.26. The van der Waals surface area contributed by atoms with Crippen LogP contribution < -0.4 is 10.5 Å². The number of nitrogens with zero attached hydrogens (tertiary/aromatic N) is 1. The van der Waals surface area contributed by atoms with Gasteiger partial charge < -0.3 is 10.5 Å². The predicted molar refractivity (Wildman–Crippen MR) is 68.3 cm³/mol. The Balaban J connectivity index is 2.33. The van der Waals surface area contributed by atoms with E-state index < -0.39 is 13.0 Å². The lowest BCUT2D eigenvalue weighted by atomic mass is 9.95. The van der Waals surface area contributed by atoms with Gasteiger partial charge >= 0.3 is 0 Å². The molecule has 1 heterocycles. The summed E-state index contributed by atoms with van der Waals surface area (Å²) in [6.45, 7) is -0.693. The van der Waals surface area contributed by atoms with Gasteiger partial charge in [-0.1, -0.05) is 12.2 Å². The van der Waals surface area contributed by atoms with Crippen LogP contribution in [0.15, 0.2) is 6.07 Å². The summed E-state index contributed by atoms with van der Waals surface area (Å²) in [5, 5.41) is 0. The van der Waals surface area contributed by atoms with Crippen molar-refractivity contribution < 1.29 is 13.5 Å². The molecule has 1 aliphatic carbocycles. The SMILES string of the molecule is NC(=S)c1cc2c(nc1OCC(F)F)CCCC2. The molecule has 3 nitrogen and oxygen atoms in total. The van der Waals surface area contributed by atoms with Gasteiger partial charge in [0.1, 0.15) is 4.99 Å². The Morgan fingerprint density at radius 1 is 1.44 bits per heavy atom. The predicted octanol–water partition coefficient (Wildman–Crippen LogP) is 2.24. The maximum atomic E-state index is 12.2. The van der Waals surface area contributed by atoms with E-state index in [9.17, 15) is 8.78 Å². The van der Waals surface area contributed by atoms with Crippen LogP contribution in [0, 0.1) is 0 Å². The molecule has 2 rings (SSSR count). The topological polar surface area (TPSA) is 48.1 Å². The average molecular weight is 272 g/mol. The van der Waals surface area contributed by atoms with E-state index in [0.29, 0.717) is 5.56 Å². The van der Waals surface area contributed by atoms with Crippen LogP contribution in [-0.2, 0) is 12.8 Å². The molecule has 0 saturated carbocycles. The molecule has 0 radical (unpaired) electrons. The number of hydrogen-bond acceptors (Lipinski definition) is 3. The summed E-state index contributed by atoms with van der Waals surface area (Å²) >= 11 is 4.90.